The molecule has 1 unspecified atom stereocenters. The predicted octanol–water partition coefficient (Wildman–Crippen LogP) is 3.60. The molecule has 1 atom stereocenters. The molecule has 2 N–H and O–H groups in total. The molecule has 2 heterocycles. The summed E-state index contributed by atoms with van der Waals surface area (Å²) in [4.78, 5) is 41.9. The molecule has 4 rings (SSSR count). The smallest absolute Gasteiger partial charge is 0.326 e. The molecule has 2 aliphatic rings. The van der Waals surface area contributed by atoms with Crippen molar-refractivity contribution in [2.45, 2.75) is 57.5 Å². The Bertz CT molecular complexity index is 1050. The maximum Gasteiger partial charge on any atom is 0.326 e. The number of nitrogens with one attached hydrogen (secondary N) is 2. The van der Waals surface area contributed by atoms with Gasteiger partial charge >= 0.3 is 6.03 Å². The minimum absolute atomic E-state index is 0.0150. The molecular weight excluding hydrogens is 428 g/mol. The SMILES string of the molecule is CC(C)(C)c1ccc(C2(C)NC(=O)N(CN3CCC(NC(=O)c4ccccc4)CC3)C2=O)cc1. The van der Waals surface area contributed by atoms with Gasteiger partial charge in [0, 0.05) is 24.7 Å². The van der Waals surface area contributed by atoms with Crippen LogP contribution in [0.15, 0.2) is 54.6 Å². The lowest BCUT2D eigenvalue weighted by Crippen LogP contribution is -2.49. The monoisotopic (exact) mass is 462 g/mol. The van der Waals surface area contributed by atoms with Gasteiger partial charge < -0.3 is 10.6 Å². The quantitative estimate of drug-likeness (QED) is 0.666. The fraction of sp³-hybridized carbons (Fsp3) is 0.444. The molecule has 7 nitrogen and oxygen atoms in total. The molecule has 0 saturated carbocycles. The van der Waals surface area contributed by atoms with Gasteiger partial charge in [-0.05, 0) is 48.4 Å². The highest BCUT2D eigenvalue weighted by Crippen LogP contribution is 2.31. The Morgan fingerprint density at radius 2 is 1.65 bits per heavy atom. The number of benzene rings is 2. The second-order valence-corrected chi connectivity index (χ2v) is 10.5. The predicted molar refractivity (Wildman–Crippen MR) is 131 cm³/mol. The van der Waals surface area contributed by atoms with Crippen molar-refractivity contribution < 1.29 is 14.4 Å². The van der Waals surface area contributed by atoms with Crippen molar-refractivity contribution in [3.63, 3.8) is 0 Å². The molecule has 2 fully saturated rings. The summed E-state index contributed by atoms with van der Waals surface area (Å²) in [7, 11) is 0. The molecule has 0 aromatic heterocycles. The number of amides is 4. The normalized spacial score (nSPS) is 22.1. The van der Waals surface area contributed by atoms with Crippen molar-refractivity contribution in [2.24, 2.45) is 0 Å². The summed E-state index contributed by atoms with van der Waals surface area (Å²) in [6.45, 7) is 9.85. The van der Waals surface area contributed by atoms with E-state index in [0.29, 0.717) is 18.7 Å². The molecule has 7 heteroatoms. The van der Waals surface area contributed by atoms with Gasteiger partial charge in [0.05, 0.1) is 6.67 Å². The van der Waals surface area contributed by atoms with E-state index in [1.807, 2.05) is 42.5 Å². The fourth-order valence-corrected chi connectivity index (χ4v) is 4.60. The van der Waals surface area contributed by atoms with E-state index in [1.165, 1.54) is 10.5 Å². The third-order valence-electron chi connectivity index (χ3n) is 6.90. The Labute approximate surface area is 201 Å². The van der Waals surface area contributed by atoms with Crippen molar-refractivity contribution >= 4 is 17.8 Å². The van der Waals surface area contributed by atoms with Gasteiger partial charge in [0.25, 0.3) is 11.8 Å². The number of urea groups is 1. The first-order valence-electron chi connectivity index (χ1n) is 11.9. The van der Waals surface area contributed by atoms with Crippen LogP contribution in [0.1, 0.15) is 62.0 Å². The van der Waals surface area contributed by atoms with Gasteiger partial charge in [0.2, 0.25) is 0 Å². The molecule has 2 aromatic carbocycles. The Morgan fingerprint density at radius 3 is 2.24 bits per heavy atom. The lowest BCUT2D eigenvalue weighted by atomic mass is 9.84. The number of rotatable bonds is 5. The van der Waals surface area contributed by atoms with Crippen LogP contribution in [0.2, 0.25) is 0 Å². The van der Waals surface area contributed by atoms with E-state index < -0.39 is 5.54 Å². The molecule has 2 aliphatic heterocycles. The molecule has 2 aromatic rings. The van der Waals surface area contributed by atoms with Crippen molar-refractivity contribution in [3.8, 4) is 0 Å². The van der Waals surface area contributed by atoms with Crippen molar-refractivity contribution in [3.05, 3.63) is 71.3 Å². The number of imide groups is 1. The van der Waals surface area contributed by atoms with Crippen LogP contribution in [-0.2, 0) is 15.7 Å². The van der Waals surface area contributed by atoms with Crippen LogP contribution >= 0.6 is 0 Å². The molecule has 0 spiro atoms. The maximum absolute atomic E-state index is 13.3. The van der Waals surface area contributed by atoms with Crippen LogP contribution < -0.4 is 10.6 Å². The van der Waals surface area contributed by atoms with E-state index in [2.05, 4.69) is 36.3 Å². The average molecular weight is 463 g/mol. The van der Waals surface area contributed by atoms with E-state index in [9.17, 15) is 14.4 Å². The average Bonchev–Trinajstić information content (AvgIpc) is 3.04. The van der Waals surface area contributed by atoms with E-state index in [-0.39, 0.29) is 36.0 Å². The Balaban J connectivity index is 1.34. The number of carbonyl (C=O) groups excluding carboxylic acids is 3. The number of hydrogen-bond donors (Lipinski definition) is 2. The highest BCUT2D eigenvalue weighted by molar-refractivity contribution is 6.07. The van der Waals surface area contributed by atoms with E-state index in [0.717, 1.165) is 18.4 Å². The fourth-order valence-electron chi connectivity index (χ4n) is 4.60. The standard InChI is InChI=1S/C27H34N4O3/c1-26(2,3)20-10-12-21(13-11-20)27(4)24(33)31(25(34)29-27)18-30-16-14-22(15-17-30)28-23(32)19-8-6-5-7-9-19/h5-13,22H,14-18H2,1-4H3,(H,28,32)(H,29,34). The lowest BCUT2D eigenvalue weighted by molar-refractivity contribution is -0.132. The third kappa shape index (κ3) is 4.85. The van der Waals surface area contributed by atoms with E-state index in [1.54, 1.807) is 19.1 Å². The topological polar surface area (TPSA) is 81.8 Å². The summed E-state index contributed by atoms with van der Waals surface area (Å²) < 4.78 is 0. The molecular formula is C27H34N4O3. The van der Waals surface area contributed by atoms with Crippen LogP contribution in [0, 0.1) is 0 Å². The van der Waals surface area contributed by atoms with E-state index in [4.69, 9.17) is 0 Å². The molecule has 2 saturated heterocycles. The number of likely N-dealkylation sites (tertiary alicyclic amines) is 1. The van der Waals surface area contributed by atoms with Crippen LogP contribution in [0.25, 0.3) is 0 Å². The van der Waals surface area contributed by atoms with E-state index >= 15 is 0 Å². The maximum atomic E-state index is 13.3. The molecule has 180 valence electrons. The highest BCUT2D eigenvalue weighted by atomic mass is 16.2. The first-order valence-corrected chi connectivity index (χ1v) is 11.9. The van der Waals surface area contributed by atoms with Gasteiger partial charge in [-0.15, -0.1) is 0 Å². The lowest BCUT2D eigenvalue weighted by Gasteiger charge is -2.34. The van der Waals surface area contributed by atoms with Crippen LogP contribution in [0.4, 0.5) is 4.79 Å². The highest BCUT2D eigenvalue weighted by Gasteiger charge is 2.49. The van der Waals surface area contributed by atoms with Crippen LogP contribution in [0.3, 0.4) is 0 Å². The zero-order chi connectivity index (χ0) is 24.5. The minimum atomic E-state index is -1.07. The van der Waals surface area contributed by atoms with Gasteiger partial charge in [-0.2, -0.15) is 0 Å². The van der Waals surface area contributed by atoms with Gasteiger partial charge in [-0.1, -0.05) is 63.2 Å². The Hall–Kier alpha value is -3.19. The zero-order valence-corrected chi connectivity index (χ0v) is 20.4. The Morgan fingerprint density at radius 1 is 1.03 bits per heavy atom. The zero-order valence-electron chi connectivity index (χ0n) is 20.4. The summed E-state index contributed by atoms with van der Waals surface area (Å²) >= 11 is 0. The van der Waals surface area contributed by atoms with Crippen LogP contribution in [0.5, 0.6) is 0 Å². The van der Waals surface area contributed by atoms with Gasteiger partial charge in [0.1, 0.15) is 5.54 Å². The largest absolute Gasteiger partial charge is 0.349 e. The summed E-state index contributed by atoms with van der Waals surface area (Å²) in [6.07, 6.45) is 1.54. The number of nitrogens with zero attached hydrogens (tertiary/aromatic N) is 2. The van der Waals surface area contributed by atoms with Crippen molar-refractivity contribution in [1.29, 1.82) is 0 Å². The summed E-state index contributed by atoms with van der Waals surface area (Å²) in [6, 6.07) is 16.8. The summed E-state index contributed by atoms with van der Waals surface area (Å²) in [5, 5.41) is 5.99. The molecule has 34 heavy (non-hydrogen) atoms. The molecule has 0 bridgehead atoms. The molecule has 0 radical (unpaired) electrons. The second kappa shape index (κ2) is 9.22. The Kier molecular flexibility index (Phi) is 6.49. The van der Waals surface area contributed by atoms with Gasteiger partial charge in [-0.3, -0.25) is 14.5 Å². The summed E-state index contributed by atoms with van der Waals surface area (Å²) in [5.41, 5.74) is 1.55. The van der Waals surface area contributed by atoms with Crippen LogP contribution in [-0.4, -0.2) is 53.4 Å². The summed E-state index contributed by atoms with van der Waals surface area (Å²) in [5.74, 6) is -0.304. The van der Waals surface area contributed by atoms with Crippen molar-refractivity contribution in [2.75, 3.05) is 19.8 Å². The number of hydrogen-bond acceptors (Lipinski definition) is 4. The first-order chi connectivity index (χ1) is 16.1. The number of piperidine rings is 1. The minimum Gasteiger partial charge on any atom is -0.349 e. The molecule has 0 aliphatic carbocycles. The molecule has 4 amide bonds. The van der Waals surface area contributed by atoms with Gasteiger partial charge in [-0.25, -0.2) is 9.69 Å². The van der Waals surface area contributed by atoms with Crippen molar-refractivity contribution in [1.82, 2.24) is 20.4 Å². The van der Waals surface area contributed by atoms with Gasteiger partial charge in [0.15, 0.2) is 0 Å². The first kappa shape index (κ1) is 24.0. The third-order valence-corrected chi connectivity index (χ3v) is 6.90. The number of carbonyl (C=O) groups is 3. The second-order valence-electron chi connectivity index (χ2n) is 10.5.